The number of hydrogen-bond donors (Lipinski definition) is 0. The number of urea groups is 1. The van der Waals surface area contributed by atoms with Gasteiger partial charge in [0.25, 0.3) is 0 Å². The number of hydrogen-bond acceptors (Lipinski definition) is 1. The quantitative estimate of drug-likeness (QED) is 0.704. The largest absolute Gasteiger partial charge is 0.328 e. The van der Waals surface area contributed by atoms with Gasteiger partial charge in [-0.25, -0.2) is 4.79 Å². The molecule has 76 valence electrons. The van der Waals surface area contributed by atoms with Crippen LogP contribution in [0.15, 0.2) is 30.3 Å². The summed E-state index contributed by atoms with van der Waals surface area (Å²) in [7, 11) is 3.58. The summed E-state index contributed by atoms with van der Waals surface area (Å²) in [5.41, 5.74) is 0.915. The average Bonchev–Trinajstić information content (AvgIpc) is 2.27. The number of carbonyl (C=O) groups is 1. The molecule has 2 amide bonds. The maximum Gasteiger partial charge on any atom is 0.323 e. The lowest BCUT2D eigenvalue weighted by atomic mass is 10.3. The van der Waals surface area contributed by atoms with Crippen LogP contribution in [0.5, 0.6) is 0 Å². The summed E-state index contributed by atoms with van der Waals surface area (Å²) in [6, 6.07) is 9.63. The number of anilines is 1. The molecular weight excluding hydrogens is 176 g/mol. The fourth-order valence-electron chi connectivity index (χ4n) is 1.15. The summed E-state index contributed by atoms with van der Waals surface area (Å²) < 4.78 is 0. The zero-order valence-corrected chi connectivity index (χ0v) is 8.90. The van der Waals surface area contributed by atoms with Crippen LogP contribution < -0.4 is 4.90 Å². The van der Waals surface area contributed by atoms with Crippen LogP contribution in [0.25, 0.3) is 0 Å². The third-order valence-corrected chi connectivity index (χ3v) is 2.23. The Hall–Kier alpha value is -1.51. The van der Waals surface area contributed by atoms with Crippen molar-refractivity contribution in [1.29, 1.82) is 0 Å². The van der Waals surface area contributed by atoms with Crippen molar-refractivity contribution in [3.8, 4) is 0 Å². The van der Waals surface area contributed by atoms with Crippen molar-refractivity contribution in [3.05, 3.63) is 30.3 Å². The Kier molecular flexibility index (Phi) is 3.51. The molecular formula is C11H16N2O. The number of benzene rings is 1. The molecule has 0 aliphatic carbocycles. The van der Waals surface area contributed by atoms with Crippen LogP contribution in [0.4, 0.5) is 10.5 Å². The SMILES string of the molecule is CCN(C)C(=O)N(C)c1ccccc1. The van der Waals surface area contributed by atoms with Crippen molar-refractivity contribution in [2.45, 2.75) is 6.92 Å². The van der Waals surface area contributed by atoms with E-state index >= 15 is 0 Å². The molecule has 0 saturated heterocycles. The van der Waals surface area contributed by atoms with E-state index in [1.165, 1.54) is 0 Å². The number of rotatable bonds is 2. The van der Waals surface area contributed by atoms with Crippen molar-refractivity contribution in [3.63, 3.8) is 0 Å². The normalized spacial score (nSPS) is 9.64. The van der Waals surface area contributed by atoms with Crippen LogP contribution in [0.1, 0.15) is 6.92 Å². The minimum atomic E-state index is 0.0127. The smallest absolute Gasteiger partial charge is 0.323 e. The van der Waals surface area contributed by atoms with Gasteiger partial charge in [-0.2, -0.15) is 0 Å². The Morgan fingerprint density at radius 1 is 1.21 bits per heavy atom. The first-order valence-corrected chi connectivity index (χ1v) is 4.70. The number of para-hydroxylation sites is 1. The first-order valence-electron chi connectivity index (χ1n) is 4.70. The van der Waals surface area contributed by atoms with Gasteiger partial charge < -0.3 is 4.90 Å². The second-order valence-electron chi connectivity index (χ2n) is 3.19. The number of nitrogens with zero attached hydrogens (tertiary/aromatic N) is 2. The first kappa shape index (κ1) is 10.6. The zero-order chi connectivity index (χ0) is 10.6. The Balaban J connectivity index is 2.76. The predicted molar refractivity (Wildman–Crippen MR) is 58.5 cm³/mol. The maximum absolute atomic E-state index is 11.7. The highest BCUT2D eigenvalue weighted by Crippen LogP contribution is 2.12. The molecule has 3 nitrogen and oxygen atoms in total. The zero-order valence-electron chi connectivity index (χ0n) is 8.90. The lowest BCUT2D eigenvalue weighted by Gasteiger charge is -2.23. The van der Waals surface area contributed by atoms with Crippen molar-refractivity contribution in [2.75, 3.05) is 25.5 Å². The molecule has 0 aromatic heterocycles. The molecule has 1 rings (SSSR count). The van der Waals surface area contributed by atoms with Gasteiger partial charge in [0, 0.05) is 26.3 Å². The van der Waals surface area contributed by atoms with Crippen LogP contribution in [-0.2, 0) is 0 Å². The molecule has 3 heteroatoms. The van der Waals surface area contributed by atoms with Crippen LogP contribution >= 0.6 is 0 Å². The third kappa shape index (κ3) is 2.25. The molecule has 0 unspecified atom stereocenters. The van der Waals surface area contributed by atoms with Gasteiger partial charge in [0.1, 0.15) is 0 Å². The van der Waals surface area contributed by atoms with Crippen LogP contribution in [-0.4, -0.2) is 31.6 Å². The first-order chi connectivity index (χ1) is 6.66. The van der Waals surface area contributed by atoms with Gasteiger partial charge in [-0.1, -0.05) is 18.2 Å². The Bertz CT molecular complexity index is 297. The minimum absolute atomic E-state index is 0.0127. The topological polar surface area (TPSA) is 23.6 Å². The monoisotopic (exact) mass is 192 g/mol. The van der Waals surface area contributed by atoms with Crippen molar-refractivity contribution in [2.24, 2.45) is 0 Å². The molecule has 0 radical (unpaired) electrons. The second kappa shape index (κ2) is 4.65. The van der Waals surface area contributed by atoms with Gasteiger partial charge in [0.2, 0.25) is 0 Å². The van der Waals surface area contributed by atoms with E-state index in [0.29, 0.717) is 0 Å². The summed E-state index contributed by atoms with van der Waals surface area (Å²) in [5.74, 6) is 0. The van der Waals surface area contributed by atoms with Gasteiger partial charge >= 0.3 is 6.03 Å². The Morgan fingerprint density at radius 2 is 1.79 bits per heavy atom. The van der Waals surface area contributed by atoms with E-state index in [-0.39, 0.29) is 6.03 Å². The number of carbonyl (C=O) groups excluding carboxylic acids is 1. The van der Waals surface area contributed by atoms with E-state index in [9.17, 15) is 4.79 Å². The molecule has 1 aromatic carbocycles. The summed E-state index contributed by atoms with van der Waals surface area (Å²) in [6.45, 7) is 2.67. The summed E-state index contributed by atoms with van der Waals surface area (Å²) in [5, 5.41) is 0. The Morgan fingerprint density at radius 3 is 2.29 bits per heavy atom. The van der Waals surface area contributed by atoms with Crippen LogP contribution in [0, 0.1) is 0 Å². The van der Waals surface area contributed by atoms with E-state index in [1.807, 2.05) is 37.3 Å². The molecule has 0 fully saturated rings. The van der Waals surface area contributed by atoms with E-state index in [0.717, 1.165) is 12.2 Å². The Labute approximate surface area is 84.9 Å². The van der Waals surface area contributed by atoms with Gasteiger partial charge in [-0.3, -0.25) is 4.90 Å². The predicted octanol–water partition coefficient (Wildman–Crippen LogP) is 2.19. The summed E-state index contributed by atoms with van der Waals surface area (Å²) in [6.07, 6.45) is 0. The summed E-state index contributed by atoms with van der Waals surface area (Å²) >= 11 is 0. The van der Waals surface area contributed by atoms with Gasteiger partial charge in [-0.05, 0) is 19.1 Å². The summed E-state index contributed by atoms with van der Waals surface area (Å²) in [4.78, 5) is 15.0. The van der Waals surface area contributed by atoms with E-state index < -0.39 is 0 Å². The van der Waals surface area contributed by atoms with E-state index in [4.69, 9.17) is 0 Å². The third-order valence-electron chi connectivity index (χ3n) is 2.23. The lowest BCUT2D eigenvalue weighted by molar-refractivity contribution is 0.219. The fraction of sp³-hybridized carbons (Fsp3) is 0.364. The van der Waals surface area contributed by atoms with E-state index in [2.05, 4.69) is 0 Å². The highest BCUT2D eigenvalue weighted by atomic mass is 16.2. The highest BCUT2D eigenvalue weighted by Gasteiger charge is 2.13. The van der Waals surface area contributed by atoms with Gasteiger partial charge in [0.05, 0.1) is 0 Å². The molecule has 0 aliphatic heterocycles. The molecule has 0 spiro atoms. The molecule has 0 bridgehead atoms. The molecule has 0 atom stereocenters. The average molecular weight is 192 g/mol. The van der Waals surface area contributed by atoms with Crippen LogP contribution in [0.2, 0.25) is 0 Å². The molecule has 0 saturated carbocycles. The highest BCUT2D eigenvalue weighted by molar-refractivity contribution is 5.91. The molecule has 14 heavy (non-hydrogen) atoms. The molecule has 1 aromatic rings. The standard InChI is InChI=1S/C11H16N2O/c1-4-12(2)11(14)13(3)10-8-6-5-7-9-10/h5-9H,4H2,1-3H3. The van der Waals surface area contributed by atoms with Crippen molar-refractivity contribution in [1.82, 2.24) is 4.90 Å². The van der Waals surface area contributed by atoms with E-state index in [1.54, 1.807) is 23.9 Å². The second-order valence-corrected chi connectivity index (χ2v) is 3.19. The number of amides is 2. The fourth-order valence-corrected chi connectivity index (χ4v) is 1.15. The lowest BCUT2D eigenvalue weighted by Crippen LogP contribution is -2.38. The van der Waals surface area contributed by atoms with Gasteiger partial charge in [0.15, 0.2) is 0 Å². The minimum Gasteiger partial charge on any atom is -0.328 e. The van der Waals surface area contributed by atoms with Crippen LogP contribution in [0.3, 0.4) is 0 Å². The van der Waals surface area contributed by atoms with Gasteiger partial charge in [-0.15, -0.1) is 0 Å². The maximum atomic E-state index is 11.7. The molecule has 0 N–H and O–H groups in total. The van der Waals surface area contributed by atoms with Crippen molar-refractivity contribution >= 4 is 11.7 Å². The molecule has 0 aliphatic rings. The van der Waals surface area contributed by atoms with Crippen molar-refractivity contribution < 1.29 is 4.79 Å². The molecule has 0 heterocycles.